The highest BCUT2D eigenvalue weighted by molar-refractivity contribution is 14.1. The number of carbonyl (C=O) groups is 1. The van der Waals surface area contributed by atoms with Crippen LogP contribution in [0, 0.1) is 11.3 Å². The summed E-state index contributed by atoms with van der Waals surface area (Å²) in [6.07, 6.45) is 1.71. The zero-order valence-electron chi connectivity index (χ0n) is 9.69. The van der Waals surface area contributed by atoms with Crippen LogP contribution in [0.5, 0.6) is 0 Å². The molecule has 0 heterocycles. The van der Waals surface area contributed by atoms with E-state index in [1.54, 1.807) is 0 Å². The predicted octanol–water partition coefficient (Wildman–Crippen LogP) is 3.00. The van der Waals surface area contributed by atoms with Crippen molar-refractivity contribution in [3.05, 3.63) is 0 Å². The van der Waals surface area contributed by atoms with Crippen molar-refractivity contribution in [1.29, 1.82) is 0 Å². The third-order valence-electron chi connectivity index (χ3n) is 2.60. The van der Waals surface area contributed by atoms with Gasteiger partial charge >= 0.3 is 0 Å². The van der Waals surface area contributed by atoms with Crippen molar-refractivity contribution in [1.82, 2.24) is 5.32 Å². The molecular formula is C11H22INO. The highest BCUT2D eigenvalue weighted by Crippen LogP contribution is 2.27. The Morgan fingerprint density at radius 1 is 1.43 bits per heavy atom. The van der Waals surface area contributed by atoms with Gasteiger partial charge in [-0.15, -0.1) is 0 Å². The predicted molar refractivity (Wildman–Crippen MR) is 69.7 cm³/mol. The summed E-state index contributed by atoms with van der Waals surface area (Å²) >= 11 is 2.32. The topological polar surface area (TPSA) is 29.1 Å². The summed E-state index contributed by atoms with van der Waals surface area (Å²) in [4.78, 5) is 11.5. The summed E-state index contributed by atoms with van der Waals surface area (Å²) in [7, 11) is 0. The van der Waals surface area contributed by atoms with Crippen molar-refractivity contribution in [2.24, 2.45) is 11.3 Å². The molecule has 0 spiro atoms. The van der Waals surface area contributed by atoms with Gasteiger partial charge in [-0.05, 0) is 17.8 Å². The molecule has 1 N–H and O–H groups in total. The Hall–Kier alpha value is 0.200. The maximum atomic E-state index is 11.5. The van der Waals surface area contributed by atoms with Crippen LogP contribution >= 0.6 is 22.6 Å². The van der Waals surface area contributed by atoms with E-state index in [1.807, 2.05) is 0 Å². The molecule has 0 rings (SSSR count). The Kier molecular flexibility index (Phi) is 6.74. The Bertz CT molecular complexity index is 175. The SMILES string of the molecule is CC(CC(=O)NCCCI)C(C)(C)C. The van der Waals surface area contributed by atoms with Gasteiger partial charge in [-0.25, -0.2) is 0 Å². The minimum atomic E-state index is 0.192. The average molecular weight is 311 g/mol. The van der Waals surface area contributed by atoms with Gasteiger partial charge in [0.15, 0.2) is 0 Å². The van der Waals surface area contributed by atoms with E-state index < -0.39 is 0 Å². The van der Waals surface area contributed by atoms with Crippen LogP contribution in [-0.2, 0) is 4.79 Å². The van der Waals surface area contributed by atoms with Gasteiger partial charge in [0.05, 0.1) is 0 Å². The molecule has 0 aliphatic rings. The molecule has 0 fully saturated rings. The molecule has 84 valence electrons. The van der Waals surface area contributed by atoms with Crippen molar-refractivity contribution in [2.45, 2.75) is 40.5 Å². The first-order valence-corrected chi connectivity index (χ1v) is 6.73. The number of halogens is 1. The summed E-state index contributed by atoms with van der Waals surface area (Å²) in [5, 5.41) is 2.94. The van der Waals surface area contributed by atoms with Gasteiger partial charge in [-0.2, -0.15) is 0 Å². The van der Waals surface area contributed by atoms with Crippen molar-refractivity contribution in [3.63, 3.8) is 0 Å². The van der Waals surface area contributed by atoms with E-state index in [9.17, 15) is 4.79 Å². The second kappa shape index (κ2) is 6.64. The molecule has 14 heavy (non-hydrogen) atoms. The number of alkyl halides is 1. The van der Waals surface area contributed by atoms with E-state index in [-0.39, 0.29) is 11.3 Å². The van der Waals surface area contributed by atoms with E-state index in [4.69, 9.17) is 0 Å². The fourth-order valence-corrected chi connectivity index (χ4v) is 1.33. The maximum Gasteiger partial charge on any atom is 0.220 e. The second-order valence-corrected chi connectivity index (χ2v) is 5.94. The van der Waals surface area contributed by atoms with Gasteiger partial charge in [-0.1, -0.05) is 50.3 Å². The van der Waals surface area contributed by atoms with E-state index >= 15 is 0 Å². The van der Waals surface area contributed by atoms with Gasteiger partial charge in [0.1, 0.15) is 0 Å². The van der Waals surface area contributed by atoms with Crippen LogP contribution in [0.25, 0.3) is 0 Å². The van der Waals surface area contributed by atoms with Crippen LogP contribution in [0.4, 0.5) is 0 Å². The van der Waals surface area contributed by atoms with E-state index in [0.29, 0.717) is 12.3 Å². The Balaban J connectivity index is 3.72. The standard InChI is InChI=1S/C11H22INO/c1-9(11(2,3)4)8-10(14)13-7-5-6-12/h9H,5-8H2,1-4H3,(H,13,14). The summed E-state index contributed by atoms with van der Waals surface area (Å²) in [5.74, 6) is 0.624. The Morgan fingerprint density at radius 3 is 2.43 bits per heavy atom. The van der Waals surface area contributed by atoms with Gasteiger partial charge < -0.3 is 5.32 Å². The number of hydrogen-bond donors (Lipinski definition) is 1. The molecular weight excluding hydrogens is 289 g/mol. The first kappa shape index (κ1) is 14.2. The van der Waals surface area contributed by atoms with E-state index in [2.05, 4.69) is 55.6 Å². The van der Waals surface area contributed by atoms with Gasteiger partial charge in [0.2, 0.25) is 5.91 Å². The Labute approximate surface area is 101 Å². The molecule has 2 nitrogen and oxygen atoms in total. The molecule has 0 saturated carbocycles. The van der Waals surface area contributed by atoms with Crippen LogP contribution in [0.1, 0.15) is 40.5 Å². The van der Waals surface area contributed by atoms with Crippen molar-refractivity contribution >= 4 is 28.5 Å². The summed E-state index contributed by atoms with van der Waals surface area (Å²) < 4.78 is 1.10. The molecule has 0 aliphatic heterocycles. The molecule has 0 aromatic rings. The number of carbonyl (C=O) groups excluding carboxylic acids is 1. The smallest absolute Gasteiger partial charge is 0.220 e. The summed E-state index contributed by atoms with van der Waals surface area (Å²) in [6, 6.07) is 0. The number of hydrogen-bond acceptors (Lipinski definition) is 1. The lowest BCUT2D eigenvalue weighted by molar-refractivity contribution is -0.122. The van der Waals surface area contributed by atoms with Crippen LogP contribution in [-0.4, -0.2) is 16.9 Å². The van der Waals surface area contributed by atoms with E-state index in [0.717, 1.165) is 17.4 Å². The van der Waals surface area contributed by atoms with Crippen molar-refractivity contribution in [3.8, 4) is 0 Å². The lowest BCUT2D eigenvalue weighted by Gasteiger charge is -2.26. The molecule has 0 radical (unpaired) electrons. The molecule has 0 aliphatic carbocycles. The minimum Gasteiger partial charge on any atom is -0.356 e. The molecule has 0 saturated heterocycles. The highest BCUT2D eigenvalue weighted by Gasteiger charge is 2.22. The lowest BCUT2D eigenvalue weighted by atomic mass is 9.80. The number of amides is 1. The first-order valence-electron chi connectivity index (χ1n) is 5.20. The summed E-state index contributed by atoms with van der Waals surface area (Å²) in [6.45, 7) is 9.48. The fraction of sp³-hybridized carbons (Fsp3) is 0.909. The van der Waals surface area contributed by atoms with Crippen molar-refractivity contribution in [2.75, 3.05) is 11.0 Å². The molecule has 1 atom stereocenters. The zero-order chi connectivity index (χ0) is 11.2. The fourth-order valence-electron chi connectivity index (χ4n) is 0.951. The molecule has 0 aromatic carbocycles. The van der Waals surface area contributed by atoms with Gasteiger partial charge in [0, 0.05) is 17.4 Å². The monoisotopic (exact) mass is 311 g/mol. The van der Waals surface area contributed by atoms with Crippen LogP contribution < -0.4 is 5.32 Å². The van der Waals surface area contributed by atoms with Crippen LogP contribution in [0.3, 0.4) is 0 Å². The van der Waals surface area contributed by atoms with Gasteiger partial charge in [0.25, 0.3) is 0 Å². The molecule has 0 bridgehead atoms. The third kappa shape index (κ3) is 6.62. The normalized spacial score (nSPS) is 13.8. The molecule has 3 heteroatoms. The second-order valence-electron chi connectivity index (χ2n) is 4.86. The van der Waals surface area contributed by atoms with E-state index in [1.165, 1.54) is 0 Å². The van der Waals surface area contributed by atoms with Crippen molar-refractivity contribution < 1.29 is 4.79 Å². The van der Waals surface area contributed by atoms with Crippen LogP contribution in [0.2, 0.25) is 0 Å². The highest BCUT2D eigenvalue weighted by atomic mass is 127. The molecule has 1 amide bonds. The first-order chi connectivity index (χ1) is 6.38. The summed E-state index contributed by atoms with van der Waals surface area (Å²) in [5.41, 5.74) is 0.223. The quantitative estimate of drug-likeness (QED) is 0.472. The maximum absolute atomic E-state index is 11.5. The number of nitrogens with one attached hydrogen (secondary N) is 1. The van der Waals surface area contributed by atoms with Gasteiger partial charge in [-0.3, -0.25) is 4.79 Å². The molecule has 0 aromatic heterocycles. The lowest BCUT2D eigenvalue weighted by Crippen LogP contribution is -2.29. The third-order valence-corrected chi connectivity index (χ3v) is 3.37. The average Bonchev–Trinajstić information content (AvgIpc) is 2.03. The largest absolute Gasteiger partial charge is 0.356 e. The Morgan fingerprint density at radius 2 is 2.00 bits per heavy atom. The molecule has 1 unspecified atom stereocenters. The zero-order valence-corrected chi connectivity index (χ0v) is 11.8. The minimum absolute atomic E-state index is 0.192. The number of rotatable bonds is 5. The van der Waals surface area contributed by atoms with Crippen LogP contribution in [0.15, 0.2) is 0 Å².